The summed E-state index contributed by atoms with van der Waals surface area (Å²) in [5.41, 5.74) is 2.79. The summed E-state index contributed by atoms with van der Waals surface area (Å²) in [4.78, 5) is 5.18. The maximum atomic E-state index is 3.58. The van der Waals surface area contributed by atoms with E-state index in [-0.39, 0.29) is 0 Å². The van der Waals surface area contributed by atoms with Crippen molar-refractivity contribution in [1.82, 2.24) is 20.4 Å². The fraction of sp³-hybridized carbons (Fsp3) is 0.727. The zero-order chi connectivity index (χ0) is 17.9. The van der Waals surface area contributed by atoms with E-state index in [4.69, 9.17) is 0 Å². The molecule has 2 aliphatic rings. The first-order chi connectivity index (χ1) is 12.9. The number of nitrogens with one attached hydrogen (secondary N) is 2. The highest BCUT2D eigenvalue weighted by Crippen LogP contribution is 2.08. The molecule has 4 nitrogen and oxygen atoms in total. The zero-order valence-electron chi connectivity index (χ0n) is 16.5. The average Bonchev–Trinajstić information content (AvgIpc) is 3.36. The second kappa shape index (κ2) is 11.7. The van der Waals surface area contributed by atoms with Gasteiger partial charge in [0.15, 0.2) is 0 Å². The topological polar surface area (TPSA) is 30.5 Å². The fourth-order valence-corrected chi connectivity index (χ4v) is 4.11. The van der Waals surface area contributed by atoms with Crippen LogP contribution in [0.1, 0.15) is 49.7 Å². The average molecular weight is 359 g/mol. The van der Waals surface area contributed by atoms with Crippen LogP contribution >= 0.6 is 0 Å². The second-order valence-electron chi connectivity index (χ2n) is 7.97. The van der Waals surface area contributed by atoms with E-state index in [0.29, 0.717) is 0 Å². The smallest absolute Gasteiger partial charge is 0.0205 e. The van der Waals surface area contributed by atoms with Crippen LogP contribution in [0.3, 0.4) is 0 Å². The van der Waals surface area contributed by atoms with Gasteiger partial charge in [-0.15, -0.1) is 0 Å². The Labute approximate surface area is 160 Å². The maximum absolute atomic E-state index is 3.58. The fourth-order valence-electron chi connectivity index (χ4n) is 4.11. The molecule has 2 N–H and O–H groups in total. The molecule has 1 aromatic rings. The van der Waals surface area contributed by atoms with E-state index in [0.717, 1.165) is 26.2 Å². The normalized spacial score (nSPS) is 18.8. The highest BCUT2D eigenvalue weighted by Gasteiger charge is 2.10. The van der Waals surface area contributed by atoms with E-state index in [1.807, 2.05) is 0 Å². The highest BCUT2D eigenvalue weighted by atomic mass is 15.1. The number of benzene rings is 1. The van der Waals surface area contributed by atoms with Crippen molar-refractivity contribution in [2.45, 2.75) is 51.6 Å². The zero-order valence-corrected chi connectivity index (χ0v) is 16.5. The minimum atomic E-state index is 0.990. The minimum Gasteiger partial charge on any atom is -0.313 e. The molecule has 4 heteroatoms. The van der Waals surface area contributed by atoms with E-state index in [1.165, 1.54) is 88.9 Å². The SMILES string of the molecule is c1cc(CNCCCN2CCCC2)ccc1CNCCCN1CCCC1. The predicted octanol–water partition coefficient (Wildman–Crippen LogP) is 2.84. The van der Waals surface area contributed by atoms with Crippen molar-refractivity contribution in [1.29, 1.82) is 0 Å². The van der Waals surface area contributed by atoms with Crippen molar-refractivity contribution in [3.63, 3.8) is 0 Å². The van der Waals surface area contributed by atoms with Crippen molar-refractivity contribution in [3.8, 4) is 0 Å². The van der Waals surface area contributed by atoms with Crippen LogP contribution in [0.2, 0.25) is 0 Å². The molecule has 146 valence electrons. The van der Waals surface area contributed by atoms with Gasteiger partial charge in [-0.1, -0.05) is 24.3 Å². The molecular formula is C22H38N4. The van der Waals surface area contributed by atoms with Crippen LogP contribution in [0.25, 0.3) is 0 Å². The number of hydrogen-bond acceptors (Lipinski definition) is 4. The number of hydrogen-bond donors (Lipinski definition) is 2. The van der Waals surface area contributed by atoms with Crippen molar-refractivity contribution in [2.24, 2.45) is 0 Å². The van der Waals surface area contributed by atoms with Crippen LogP contribution in [0.4, 0.5) is 0 Å². The van der Waals surface area contributed by atoms with Gasteiger partial charge < -0.3 is 20.4 Å². The molecule has 26 heavy (non-hydrogen) atoms. The summed E-state index contributed by atoms with van der Waals surface area (Å²) in [6.07, 6.45) is 8.11. The maximum Gasteiger partial charge on any atom is 0.0205 e. The Hall–Kier alpha value is -0.940. The molecular weight excluding hydrogens is 320 g/mol. The van der Waals surface area contributed by atoms with Gasteiger partial charge in [-0.3, -0.25) is 0 Å². The molecule has 0 radical (unpaired) electrons. The van der Waals surface area contributed by atoms with Crippen molar-refractivity contribution < 1.29 is 0 Å². The Morgan fingerprint density at radius 3 is 1.38 bits per heavy atom. The molecule has 0 aromatic heterocycles. The summed E-state index contributed by atoms with van der Waals surface area (Å²) < 4.78 is 0. The van der Waals surface area contributed by atoms with Crippen LogP contribution in [0.5, 0.6) is 0 Å². The van der Waals surface area contributed by atoms with Gasteiger partial charge in [0, 0.05) is 13.1 Å². The van der Waals surface area contributed by atoms with Crippen molar-refractivity contribution in [2.75, 3.05) is 52.4 Å². The lowest BCUT2D eigenvalue weighted by atomic mass is 10.1. The molecule has 0 bridgehead atoms. The van der Waals surface area contributed by atoms with Crippen LogP contribution in [0, 0.1) is 0 Å². The van der Waals surface area contributed by atoms with Gasteiger partial charge >= 0.3 is 0 Å². The Bertz CT molecular complexity index is 430. The Morgan fingerprint density at radius 1 is 0.615 bits per heavy atom. The van der Waals surface area contributed by atoms with Gasteiger partial charge in [-0.2, -0.15) is 0 Å². The summed E-state index contributed by atoms with van der Waals surface area (Å²) >= 11 is 0. The van der Waals surface area contributed by atoms with E-state index in [2.05, 4.69) is 44.7 Å². The monoisotopic (exact) mass is 358 g/mol. The Morgan fingerprint density at radius 2 is 1.00 bits per heavy atom. The lowest BCUT2D eigenvalue weighted by Gasteiger charge is -2.14. The first-order valence-electron chi connectivity index (χ1n) is 10.8. The quantitative estimate of drug-likeness (QED) is 0.563. The summed E-state index contributed by atoms with van der Waals surface area (Å²) in [5, 5.41) is 7.17. The first kappa shape index (κ1) is 19.8. The van der Waals surface area contributed by atoms with Crippen LogP contribution in [-0.4, -0.2) is 62.2 Å². The summed E-state index contributed by atoms with van der Waals surface area (Å²) in [7, 11) is 0. The van der Waals surface area contributed by atoms with E-state index < -0.39 is 0 Å². The van der Waals surface area contributed by atoms with Gasteiger partial charge in [-0.05, 0) is 102 Å². The van der Waals surface area contributed by atoms with E-state index in [9.17, 15) is 0 Å². The minimum absolute atomic E-state index is 0.990. The molecule has 2 aliphatic heterocycles. The van der Waals surface area contributed by atoms with Crippen LogP contribution in [0.15, 0.2) is 24.3 Å². The predicted molar refractivity (Wildman–Crippen MR) is 110 cm³/mol. The summed E-state index contributed by atoms with van der Waals surface area (Å²) in [6, 6.07) is 9.09. The van der Waals surface area contributed by atoms with Gasteiger partial charge in [0.05, 0.1) is 0 Å². The molecule has 1 aromatic carbocycles. The van der Waals surface area contributed by atoms with Crippen molar-refractivity contribution >= 4 is 0 Å². The third-order valence-corrected chi connectivity index (χ3v) is 5.73. The number of rotatable bonds is 12. The highest BCUT2D eigenvalue weighted by molar-refractivity contribution is 5.22. The van der Waals surface area contributed by atoms with Crippen LogP contribution in [-0.2, 0) is 13.1 Å². The molecule has 3 rings (SSSR count). The number of likely N-dealkylation sites (tertiary alicyclic amines) is 2. The summed E-state index contributed by atoms with van der Waals surface area (Å²) in [6.45, 7) is 12.0. The molecule has 2 fully saturated rings. The Balaban J connectivity index is 1.20. The van der Waals surface area contributed by atoms with E-state index in [1.54, 1.807) is 0 Å². The third-order valence-electron chi connectivity index (χ3n) is 5.73. The van der Waals surface area contributed by atoms with Gasteiger partial charge in [0.25, 0.3) is 0 Å². The lowest BCUT2D eigenvalue weighted by Crippen LogP contribution is -2.25. The Kier molecular flexibility index (Phi) is 8.92. The molecule has 2 heterocycles. The van der Waals surface area contributed by atoms with Crippen LogP contribution < -0.4 is 10.6 Å². The largest absolute Gasteiger partial charge is 0.313 e. The lowest BCUT2D eigenvalue weighted by molar-refractivity contribution is 0.331. The standard InChI is InChI=1S/C22H38N4/c1-2-14-25(13-1)17-5-11-23-19-21-7-9-22(10-8-21)20-24-12-6-18-26-15-3-4-16-26/h7-10,23-24H,1-6,11-20H2. The summed E-state index contributed by atoms with van der Waals surface area (Å²) in [5.74, 6) is 0. The van der Waals surface area contributed by atoms with Gasteiger partial charge in [0.1, 0.15) is 0 Å². The molecule has 0 atom stereocenters. The molecule has 0 aliphatic carbocycles. The van der Waals surface area contributed by atoms with Gasteiger partial charge in [0.2, 0.25) is 0 Å². The van der Waals surface area contributed by atoms with Gasteiger partial charge in [-0.25, -0.2) is 0 Å². The molecule has 2 saturated heterocycles. The van der Waals surface area contributed by atoms with Crippen molar-refractivity contribution in [3.05, 3.63) is 35.4 Å². The molecule has 0 saturated carbocycles. The first-order valence-corrected chi connectivity index (χ1v) is 10.8. The molecule has 0 spiro atoms. The van der Waals surface area contributed by atoms with E-state index >= 15 is 0 Å². The molecule has 0 amide bonds. The number of nitrogens with zero attached hydrogens (tertiary/aromatic N) is 2. The third kappa shape index (κ3) is 7.36. The molecule has 0 unspecified atom stereocenters. The second-order valence-corrected chi connectivity index (χ2v) is 7.97.